The third-order valence-corrected chi connectivity index (χ3v) is 3.23. The Morgan fingerprint density at radius 1 is 1.35 bits per heavy atom. The predicted molar refractivity (Wildman–Crippen MR) is 62.3 cm³/mol. The van der Waals surface area contributed by atoms with E-state index in [1.54, 1.807) is 38.1 Å². The zero-order valence-corrected chi connectivity index (χ0v) is 9.88. The van der Waals surface area contributed by atoms with Crippen molar-refractivity contribution in [2.45, 2.75) is 31.9 Å². The molecule has 1 saturated heterocycles. The van der Waals surface area contributed by atoms with Gasteiger partial charge in [0.05, 0.1) is 18.1 Å². The highest BCUT2D eigenvalue weighted by Crippen LogP contribution is 2.31. The van der Waals surface area contributed by atoms with Crippen molar-refractivity contribution in [2.75, 3.05) is 0 Å². The number of amides is 2. The third kappa shape index (κ3) is 1.85. The highest BCUT2D eigenvalue weighted by molar-refractivity contribution is 6.06. The molecule has 1 aromatic carbocycles. The van der Waals surface area contributed by atoms with Gasteiger partial charge in [-0.3, -0.25) is 14.5 Å². The molecule has 2 amide bonds. The SMILES string of the molecule is CC1(C)C(O)CC(=O)N1C(=O)c1ccccc1. The molecule has 0 spiro atoms. The van der Waals surface area contributed by atoms with Crippen LogP contribution >= 0.6 is 0 Å². The maximum atomic E-state index is 12.2. The first-order valence-electron chi connectivity index (χ1n) is 5.55. The van der Waals surface area contributed by atoms with E-state index in [0.717, 1.165) is 4.90 Å². The number of imide groups is 1. The average molecular weight is 233 g/mol. The summed E-state index contributed by atoms with van der Waals surface area (Å²) in [7, 11) is 0. The zero-order valence-electron chi connectivity index (χ0n) is 9.88. The summed E-state index contributed by atoms with van der Waals surface area (Å²) >= 11 is 0. The van der Waals surface area contributed by atoms with E-state index in [9.17, 15) is 14.7 Å². The normalized spacial score (nSPS) is 22.9. The van der Waals surface area contributed by atoms with Crippen molar-refractivity contribution >= 4 is 11.8 Å². The number of aliphatic hydroxyl groups is 1. The number of carbonyl (C=O) groups excluding carboxylic acids is 2. The van der Waals surface area contributed by atoms with Crippen LogP contribution in [0.25, 0.3) is 0 Å². The van der Waals surface area contributed by atoms with E-state index in [4.69, 9.17) is 0 Å². The summed E-state index contributed by atoms with van der Waals surface area (Å²) < 4.78 is 0. The standard InChI is InChI=1S/C13H15NO3/c1-13(2)10(15)8-11(16)14(13)12(17)9-6-4-3-5-7-9/h3-7,10,15H,8H2,1-2H3. The quantitative estimate of drug-likeness (QED) is 0.741. The summed E-state index contributed by atoms with van der Waals surface area (Å²) in [6, 6.07) is 8.63. The van der Waals surface area contributed by atoms with Crippen LogP contribution in [-0.2, 0) is 4.79 Å². The van der Waals surface area contributed by atoms with Gasteiger partial charge in [0.2, 0.25) is 5.91 Å². The molecule has 0 bridgehead atoms. The largest absolute Gasteiger partial charge is 0.390 e. The minimum atomic E-state index is -0.843. The highest BCUT2D eigenvalue weighted by atomic mass is 16.3. The van der Waals surface area contributed by atoms with Crippen LogP contribution in [0.5, 0.6) is 0 Å². The number of carbonyl (C=O) groups is 2. The second kappa shape index (κ2) is 3.96. The molecule has 1 aliphatic heterocycles. The smallest absolute Gasteiger partial charge is 0.261 e. The molecular weight excluding hydrogens is 218 g/mol. The van der Waals surface area contributed by atoms with Gasteiger partial charge in [0.1, 0.15) is 0 Å². The van der Waals surface area contributed by atoms with Gasteiger partial charge in [-0.05, 0) is 26.0 Å². The third-order valence-electron chi connectivity index (χ3n) is 3.23. The number of nitrogens with zero attached hydrogens (tertiary/aromatic N) is 1. The van der Waals surface area contributed by atoms with Crippen LogP contribution in [0.2, 0.25) is 0 Å². The fraction of sp³-hybridized carbons (Fsp3) is 0.385. The molecule has 0 radical (unpaired) electrons. The molecule has 17 heavy (non-hydrogen) atoms. The van der Waals surface area contributed by atoms with Crippen molar-refractivity contribution in [1.29, 1.82) is 0 Å². The van der Waals surface area contributed by atoms with Crippen LogP contribution in [0.15, 0.2) is 30.3 Å². The van der Waals surface area contributed by atoms with Crippen molar-refractivity contribution in [3.8, 4) is 0 Å². The van der Waals surface area contributed by atoms with E-state index < -0.39 is 11.6 Å². The summed E-state index contributed by atoms with van der Waals surface area (Å²) in [5.41, 5.74) is -0.382. The summed E-state index contributed by atoms with van der Waals surface area (Å²) in [5, 5.41) is 9.78. The van der Waals surface area contributed by atoms with E-state index in [1.807, 2.05) is 6.07 Å². The first kappa shape index (κ1) is 11.8. The average Bonchev–Trinajstić information content (AvgIpc) is 2.49. The molecule has 2 rings (SSSR count). The predicted octanol–water partition coefficient (Wildman–Crippen LogP) is 1.20. The summed E-state index contributed by atoms with van der Waals surface area (Å²) in [6.45, 7) is 3.40. The number of rotatable bonds is 1. The Morgan fingerprint density at radius 3 is 2.41 bits per heavy atom. The van der Waals surface area contributed by atoms with E-state index in [1.165, 1.54) is 0 Å². The van der Waals surface area contributed by atoms with Crippen LogP contribution in [-0.4, -0.2) is 33.5 Å². The van der Waals surface area contributed by atoms with Crippen LogP contribution in [0.1, 0.15) is 30.6 Å². The van der Waals surface area contributed by atoms with Crippen LogP contribution in [0.4, 0.5) is 0 Å². The van der Waals surface area contributed by atoms with Gasteiger partial charge in [0, 0.05) is 5.56 Å². The second-order valence-corrected chi connectivity index (χ2v) is 4.77. The topological polar surface area (TPSA) is 57.6 Å². The fourth-order valence-corrected chi connectivity index (χ4v) is 2.06. The lowest BCUT2D eigenvalue weighted by molar-refractivity contribution is -0.127. The van der Waals surface area contributed by atoms with Gasteiger partial charge in [0.15, 0.2) is 0 Å². The first-order valence-corrected chi connectivity index (χ1v) is 5.55. The molecule has 0 saturated carbocycles. The molecule has 1 N–H and O–H groups in total. The lowest BCUT2D eigenvalue weighted by atomic mass is 9.98. The van der Waals surface area contributed by atoms with Gasteiger partial charge in [-0.2, -0.15) is 0 Å². The highest BCUT2D eigenvalue weighted by Gasteiger charge is 2.48. The minimum absolute atomic E-state index is 0.00553. The monoisotopic (exact) mass is 233 g/mol. The Kier molecular flexibility index (Phi) is 2.75. The van der Waals surface area contributed by atoms with Crippen molar-refractivity contribution < 1.29 is 14.7 Å². The molecule has 90 valence electrons. The number of aliphatic hydroxyl groups excluding tert-OH is 1. The maximum absolute atomic E-state index is 12.2. The molecule has 1 fully saturated rings. The fourth-order valence-electron chi connectivity index (χ4n) is 2.06. The molecule has 1 aliphatic rings. The van der Waals surface area contributed by atoms with E-state index >= 15 is 0 Å². The molecule has 1 unspecified atom stereocenters. The molecule has 0 aliphatic carbocycles. The van der Waals surface area contributed by atoms with Crippen LogP contribution < -0.4 is 0 Å². The molecule has 1 atom stereocenters. The van der Waals surface area contributed by atoms with E-state index in [-0.39, 0.29) is 18.2 Å². The van der Waals surface area contributed by atoms with Crippen molar-refractivity contribution in [1.82, 2.24) is 4.90 Å². The van der Waals surface area contributed by atoms with Gasteiger partial charge in [-0.25, -0.2) is 0 Å². The number of hydrogen-bond acceptors (Lipinski definition) is 3. The van der Waals surface area contributed by atoms with Crippen LogP contribution in [0.3, 0.4) is 0 Å². The molecule has 4 heteroatoms. The van der Waals surface area contributed by atoms with Gasteiger partial charge in [-0.1, -0.05) is 18.2 Å². The van der Waals surface area contributed by atoms with Crippen LogP contribution in [0, 0.1) is 0 Å². The number of hydrogen-bond donors (Lipinski definition) is 1. The molecular formula is C13H15NO3. The molecule has 4 nitrogen and oxygen atoms in total. The Morgan fingerprint density at radius 2 is 1.94 bits per heavy atom. The lowest BCUT2D eigenvalue weighted by Crippen LogP contribution is -2.49. The van der Waals surface area contributed by atoms with Crippen molar-refractivity contribution in [3.63, 3.8) is 0 Å². The van der Waals surface area contributed by atoms with Gasteiger partial charge in [-0.15, -0.1) is 0 Å². The maximum Gasteiger partial charge on any atom is 0.261 e. The number of benzene rings is 1. The Hall–Kier alpha value is -1.68. The van der Waals surface area contributed by atoms with E-state index in [2.05, 4.69) is 0 Å². The molecule has 1 heterocycles. The van der Waals surface area contributed by atoms with E-state index in [0.29, 0.717) is 5.56 Å². The summed E-state index contributed by atoms with van der Waals surface area (Å²) in [6.07, 6.45) is -0.798. The molecule has 0 aromatic heterocycles. The number of likely N-dealkylation sites (tertiary alicyclic amines) is 1. The minimum Gasteiger partial charge on any atom is -0.390 e. The van der Waals surface area contributed by atoms with Gasteiger partial charge >= 0.3 is 0 Å². The Bertz CT molecular complexity index is 453. The summed E-state index contributed by atoms with van der Waals surface area (Å²) in [5.74, 6) is -0.673. The van der Waals surface area contributed by atoms with Gasteiger partial charge in [0.25, 0.3) is 5.91 Å². The zero-order chi connectivity index (χ0) is 12.6. The van der Waals surface area contributed by atoms with Gasteiger partial charge < -0.3 is 5.11 Å². The van der Waals surface area contributed by atoms with Crippen molar-refractivity contribution in [2.24, 2.45) is 0 Å². The Balaban J connectivity index is 2.35. The van der Waals surface area contributed by atoms with Crippen molar-refractivity contribution in [3.05, 3.63) is 35.9 Å². The first-order chi connectivity index (χ1) is 7.94. The molecule has 1 aromatic rings. The summed E-state index contributed by atoms with van der Waals surface area (Å²) in [4.78, 5) is 25.1. The second-order valence-electron chi connectivity index (χ2n) is 4.77. The Labute approximate surface area is 99.9 Å². The lowest BCUT2D eigenvalue weighted by Gasteiger charge is -2.31.